The number of benzene rings is 1. The number of anilines is 1. The average Bonchev–Trinajstić information content (AvgIpc) is 2.30. The molecule has 3 heteroatoms. The Morgan fingerprint density at radius 3 is 2.60 bits per heavy atom. The summed E-state index contributed by atoms with van der Waals surface area (Å²) in [6, 6.07) is 7.86. The highest BCUT2D eigenvalue weighted by Crippen LogP contribution is 2.22. The minimum absolute atomic E-state index is 0.766. The number of hydrogen-bond donors (Lipinski definition) is 1. The SMILES string of the molecule is COc1ccc(N2CC=CC=C2N)cc1. The predicted octanol–water partition coefficient (Wildman–Crippen LogP) is 1.87. The van der Waals surface area contributed by atoms with Gasteiger partial charge in [-0.25, -0.2) is 0 Å². The lowest BCUT2D eigenvalue weighted by atomic mass is 10.2. The van der Waals surface area contributed by atoms with Gasteiger partial charge in [-0.3, -0.25) is 0 Å². The molecule has 78 valence electrons. The van der Waals surface area contributed by atoms with Crippen LogP contribution in [0.4, 0.5) is 5.69 Å². The van der Waals surface area contributed by atoms with Crippen LogP contribution >= 0.6 is 0 Å². The molecule has 0 saturated carbocycles. The van der Waals surface area contributed by atoms with Crippen LogP contribution in [0.15, 0.2) is 48.3 Å². The second-order valence-electron chi connectivity index (χ2n) is 3.33. The first kappa shape index (κ1) is 9.65. The molecule has 1 aliphatic heterocycles. The van der Waals surface area contributed by atoms with Crippen molar-refractivity contribution in [3.05, 3.63) is 48.3 Å². The zero-order valence-corrected chi connectivity index (χ0v) is 8.68. The molecule has 0 aromatic heterocycles. The Kier molecular flexibility index (Phi) is 2.63. The maximum atomic E-state index is 5.89. The minimum Gasteiger partial charge on any atom is -0.497 e. The smallest absolute Gasteiger partial charge is 0.119 e. The van der Waals surface area contributed by atoms with E-state index in [0.29, 0.717) is 0 Å². The van der Waals surface area contributed by atoms with Crippen LogP contribution in [0.5, 0.6) is 5.75 Å². The zero-order valence-electron chi connectivity index (χ0n) is 8.68. The van der Waals surface area contributed by atoms with Crippen LogP contribution in [0.2, 0.25) is 0 Å². The molecule has 0 saturated heterocycles. The van der Waals surface area contributed by atoms with Gasteiger partial charge in [-0.15, -0.1) is 0 Å². The van der Waals surface area contributed by atoms with Crippen molar-refractivity contribution in [3.63, 3.8) is 0 Å². The predicted molar refractivity (Wildman–Crippen MR) is 61.8 cm³/mol. The van der Waals surface area contributed by atoms with Crippen molar-refractivity contribution in [2.45, 2.75) is 0 Å². The van der Waals surface area contributed by atoms with Crippen molar-refractivity contribution in [3.8, 4) is 5.75 Å². The Bertz CT molecular complexity index is 393. The summed E-state index contributed by atoms with van der Waals surface area (Å²) in [7, 11) is 1.66. The van der Waals surface area contributed by atoms with Gasteiger partial charge in [0.05, 0.1) is 7.11 Å². The van der Waals surface area contributed by atoms with Crippen LogP contribution in [0, 0.1) is 0 Å². The lowest BCUT2D eigenvalue weighted by molar-refractivity contribution is 0.415. The summed E-state index contributed by atoms with van der Waals surface area (Å²) >= 11 is 0. The standard InChI is InChI=1S/C12H14N2O/c1-15-11-7-5-10(6-8-11)14-9-3-2-4-12(14)13/h2-8H,9,13H2,1H3. The van der Waals surface area contributed by atoms with E-state index in [9.17, 15) is 0 Å². The molecule has 0 unspecified atom stereocenters. The van der Waals surface area contributed by atoms with Crippen molar-refractivity contribution in [1.29, 1.82) is 0 Å². The van der Waals surface area contributed by atoms with E-state index in [2.05, 4.69) is 6.08 Å². The lowest BCUT2D eigenvalue weighted by Crippen LogP contribution is -2.29. The second-order valence-corrected chi connectivity index (χ2v) is 3.33. The quantitative estimate of drug-likeness (QED) is 0.795. The molecule has 0 spiro atoms. The zero-order chi connectivity index (χ0) is 10.7. The van der Waals surface area contributed by atoms with Gasteiger partial charge in [0, 0.05) is 12.2 Å². The number of nitrogens with zero attached hydrogens (tertiary/aromatic N) is 1. The van der Waals surface area contributed by atoms with E-state index >= 15 is 0 Å². The molecule has 2 N–H and O–H groups in total. The summed E-state index contributed by atoms with van der Waals surface area (Å²) in [4.78, 5) is 2.04. The second kappa shape index (κ2) is 4.09. The van der Waals surface area contributed by atoms with Crippen LogP contribution in [0.3, 0.4) is 0 Å². The van der Waals surface area contributed by atoms with Crippen molar-refractivity contribution in [2.75, 3.05) is 18.6 Å². The summed E-state index contributed by atoms with van der Waals surface area (Å²) in [5.41, 5.74) is 6.96. The number of ether oxygens (including phenoxy) is 1. The van der Waals surface area contributed by atoms with Crippen LogP contribution < -0.4 is 15.4 Å². The molecule has 0 radical (unpaired) electrons. The first-order valence-corrected chi connectivity index (χ1v) is 4.85. The van der Waals surface area contributed by atoms with Gasteiger partial charge in [0.1, 0.15) is 11.6 Å². The van der Waals surface area contributed by atoms with E-state index in [1.54, 1.807) is 7.11 Å². The first-order chi connectivity index (χ1) is 7.31. The molecule has 1 aromatic carbocycles. The fourth-order valence-corrected chi connectivity index (χ4v) is 1.54. The third-order valence-corrected chi connectivity index (χ3v) is 2.39. The molecule has 1 aromatic rings. The molecule has 1 heterocycles. The van der Waals surface area contributed by atoms with Crippen LogP contribution in [0.1, 0.15) is 0 Å². The molecular weight excluding hydrogens is 188 g/mol. The van der Waals surface area contributed by atoms with E-state index in [1.807, 2.05) is 41.3 Å². The van der Waals surface area contributed by atoms with E-state index in [1.165, 1.54) is 0 Å². The highest BCUT2D eigenvalue weighted by Gasteiger charge is 2.09. The van der Waals surface area contributed by atoms with Crippen molar-refractivity contribution < 1.29 is 4.74 Å². The molecule has 0 amide bonds. The number of nitrogens with two attached hydrogens (primary N) is 1. The van der Waals surface area contributed by atoms with Gasteiger partial charge < -0.3 is 15.4 Å². The molecule has 2 rings (SSSR count). The Hall–Kier alpha value is -1.90. The Balaban J connectivity index is 2.23. The topological polar surface area (TPSA) is 38.5 Å². The molecule has 3 nitrogen and oxygen atoms in total. The third-order valence-electron chi connectivity index (χ3n) is 2.39. The number of hydrogen-bond acceptors (Lipinski definition) is 3. The molecule has 0 fully saturated rings. The highest BCUT2D eigenvalue weighted by molar-refractivity contribution is 5.55. The van der Waals surface area contributed by atoms with Gasteiger partial charge in [-0.2, -0.15) is 0 Å². The number of allylic oxidation sites excluding steroid dienone is 2. The normalized spacial score (nSPS) is 15.0. The van der Waals surface area contributed by atoms with Crippen LogP contribution in [-0.4, -0.2) is 13.7 Å². The van der Waals surface area contributed by atoms with E-state index < -0.39 is 0 Å². The fraction of sp³-hybridized carbons (Fsp3) is 0.167. The summed E-state index contributed by atoms with van der Waals surface area (Å²) in [5, 5.41) is 0. The summed E-state index contributed by atoms with van der Waals surface area (Å²) in [6.07, 6.45) is 5.93. The summed E-state index contributed by atoms with van der Waals surface area (Å²) in [6.45, 7) is 0.814. The molecular formula is C12H14N2O. The van der Waals surface area contributed by atoms with Crippen molar-refractivity contribution in [2.24, 2.45) is 5.73 Å². The van der Waals surface area contributed by atoms with Gasteiger partial charge in [0.25, 0.3) is 0 Å². The molecule has 1 aliphatic rings. The van der Waals surface area contributed by atoms with E-state index in [4.69, 9.17) is 10.5 Å². The molecule has 15 heavy (non-hydrogen) atoms. The minimum atomic E-state index is 0.766. The van der Waals surface area contributed by atoms with Gasteiger partial charge >= 0.3 is 0 Å². The van der Waals surface area contributed by atoms with Crippen LogP contribution in [0.25, 0.3) is 0 Å². The first-order valence-electron chi connectivity index (χ1n) is 4.85. The van der Waals surface area contributed by atoms with E-state index in [0.717, 1.165) is 23.8 Å². The van der Waals surface area contributed by atoms with Crippen molar-refractivity contribution in [1.82, 2.24) is 0 Å². The van der Waals surface area contributed by atoms with Gasteiger partial charge in [-0.1, -0.05) is 12.2 Å². The number of rotatable bonds is 2. The number of methoxy groups -OCH3 is 1. The molecule has 0 aliphatic carbocycles. The van der Waals surface area contributed by atoms with Gasteiger partial charge in [-0.05, 0) is 30.3 Å². The maximum absolute atomic E-state index is 5.89. The van der Waals surface area contributed by atoms with Gasteiger partial charge in [0.15, 0.2) is 0 Å². The molecule has 0 bridgehead atoms. The van der Waals surface area contributed by atoms with Crippen molar-refractivity contribution >= 4 is 5.69 Å². The lowest BCUT2D eigenvalue weighted by Gasteiger charge is -2.25. The monoisotopic (exact) mass is 202 g/mol. The largest absolute Gasteiger partial charge is 0.497 e. The third kappa shape index (κ3) is 1.96. The Morgan fingerprint density at radius 2 is 2.00 bits per heavy atom. The average molecular weight is 202 g/mol. The van der Waals surface area contributed by atoms with Gasteiger partial charge in [0.2, 0.25) is 0 Å². The maximum Gasteiger partial charge on any atom is 0.119 e. The van der Waals surface area contributed by atoms with E-state index in [-0.39, 0.29) is 0 Å². The fourth-order valence-electron chi connectivity index (χ4n) is 1.54. The molecule has 0 atom stereocenters. The summed E-state index contributed by atoms with van der Waals surface area (Å²) in [5.74, 6) is 1.62. The Morgan fingerprint density at radius 1 is 1.27 bits per heavy atom. The summed E-state index contributed by atoms with van der Waals surface area (Å²) < 4.78 is 5.10. The highest BCUT2D eigenvalue weighted by atomic mass is 16.5. The van der Waals surface area contributed by atoms with Crippen LogP contribution in [-0.2, 0) is 0 Å². The Labute approximate surface area is 89.4 Å².